The van der Waals surface area contributed by atoms with Crippen LogP contribution in [-0.4, -0.2) is 13.1 Å². The summed E-state index contributed by atoms with van der Waals surface area (Å²) in [6.45, 7) is 4.23. The van der Waals surface area contributed by atoms with Crippen LogP contribution in [0.15, 0.2) is 36.4 Å². The quantitative estimate of drug-likeness (QED) is 0.678. The molecule has 1 aromatic rings. The largest absolute Gasteiger partial charge is 0.313 e. The molecule has 1 rings (SSSR count). The maximum Gasteiger partial charge on any atom is 0.0138 e. The number of hydrogen-bond donors (Lipinski definition) is 1. The van der Waals surface area contributed by atoms with Crippen molar-refractivity contribution in [3.05, 3.63) is 42.0 Å². The Balaban J connectivity index is 2.25. The second kappa shape index (κ2) is 6.44. The van der Waals surface area contributed by atoms with Crippen molar-refractivity contribution in [1.29, 1.82) is 0 Å². The van der Waals surface area contributed by atoms with Gasteiger partial charge in [-0.05, 0) is 18.5 Å². The Hall–Kier alpha value is -1.08. The van der Waals surface area contributed by atoms with Gasteiger partial charge < -0.3 is 5.32 Å². The molecule has 70 valence electrons. The molecule has 0 aliphatic heterocycles. The monoisotopic (exact) mass is 175 g/mol. The minimum absolute atomic E-state index is 0.961. The SMILES string of the molecule is CCCNC/C=C/c1ccccc1. The van der Waals surface area contributed by atoms with Crippen molar-refractivity contribution in [3.63, 3.8) is 0 Å². The maximum atomic E-state index is 3.32. The smallest absolute Gasteiger partial charge is 0.0138 e. The van der Waals surface area contributed by atoms with Crippen LogP contribution in [-0.2, 0) is 0 Å². The Morgan fingerprint density at radius 2 is 2.00 bits per heavy atom. The van der Waals surface area contributed by atoms with Crippen LogP contribution in [0.5, 0.6) is 0 Å². The molecule has 0 aliphatic carbocycles. The minimum atomic E-state index is 0.961. The minimum Gasteiger partial charge on any atom is -0.313 e. The Labute approximate surface area is 80.5 Å². The fourth-order valence-electron chi connectivity index (χ4n) is 1.12. The summed E-state index contributed by atoms with van der Waals surface area (Å²) in [7, 11) is 0. The molecule has 0 saturated heterocycles. The highest BCUT2D eigenvalue weighted by Crippen LogP contribution is 1.99. The summed E-state index contributed by atoms with van der Waals surface area (Å²) in [5.41, 5.74) is 1.26. The summed E-state index contributed by atoms with van der Waals surface area (Å²) in [5.74, 6) is 0. The van der Waals surface area contributed by atoms with Gasteiger partial charge in [0.2, 0.25) is 0 Å². The van der Waals surface area contributed by atoms with Crippen molar-refractivity contribution < 1.29 is 0 Å². The second-order valence-corrected chi connectivity index (χ2v) is 3.02. The highest BCUT2D eigenvalue weighted by atomic mass is 14.8. The first-order valence-electron chi connectivity index (χ1n) is 4.86. The molecule has 0 spiro atoms. The standard InChI is InChI=1S/C12H17N/c1-2-10-13-11-6-9-12-7-4-3-5-8-12/h3-9,13H,2,10-11H2,1H3/b9-6+. The van der Waals surface area contributed by atoms with Gasteiger partial charge in [0.15, 0.2) is 0 Å². The van der Waals surface area contributed by atoms with Crippen LogP contribution in [0.4, 0.5) is 0 Å². The van der Waals surface area contributed by atoms with Crippen molar-refractivity contribution in [2.45, 2.75) is 13.3 Å². The van der Waals surface area contributed by atoms with E-state index in [2.05, 4.69) is 48.7 Å². The molecule has 0 saturated carbocycles. The highest BCUT2D eigenvalue weighted by Gasteiger charge is 1.82. The summed E-state index contributed by atoms with van der Waals surface area (Å²) in [6, 6.07) is 10.4. The normalized spacial score (nSPS) is 10.8. The maximum absolute atomic E-state index is 3.32. The number of rotatable bonds is 5. The van der Waals surface area contributed by atoms with Gasteiger partial charge in [0, 0.05) is 6.54 Å². The summed E-state index contributed by atoms with van der Waals surface area (Å²) < 4.78 is 0. The third kappa shape index (κ3) is 4.48. The van der Waals surface area contributed by atoms with Gasteiger partial charge in [0.05, 0.1) is 0 Å². The van der Waals surface area contributed by atoms with Gasteiger partial charge in [0.25, 0.3) is 0 Å². The molecule has 0 radical (unpaired) electrons. The van der Waals surface area contributed by atoms with E-state index in [-0.39, 0.29) is 0 Å². The van der Waals surface area contributed by atoms with E-state index in [4.69, 9.17) is 0 Å². The van der Waals surface area contributed by atoms with E-state index in [0.717, 1.165) is 13.1 Å². The summed E-state index contributed by atoms with van der Waals surface area (Å²) in [5, 5.41) is 3.32. The number of nitrogens with one attached hydrogen (secondary N) is 1. The molecule has 13 heavy (non-hydrogen) atoms. The zero-order chi connectivity index (χ0) is 9.36. The van der Waals surface area contributed by atoms with Crippen molar-refractivity contribution in [1.82, 2.24) is 5.32 Å². The molecule has 1 N–H and O–H groups in total. The lowest BCUT2D eigenvalue weighted by Gasteiger charge is -1.96. The highest BCUT2D eigenvalue weighted by molar-refractivity contribution is 5.48. The number of hydrogen-bond acceptors (Lipinski definition) is 1. The Bertz CT molecular complexity index is 239. The summed E-state index contributed by atoms with van der Waals surface area (Å²) in [6.07, 6.45) is 5.49. The predicted molar refractivity (Wildman–Crippen MR) is 58.6 cm³/mol. The van der Waals surface area contributed by atoms with E-state index < -0.39 is 0 Å². The van der Waals surface area contributed by atoms with Crippen molar-refractivity contribution in [2.75, 3.05) is 13.1 Å². The molecular weight excluding hydrogens is 158 g/mol. The Morgan fingerprint density at radius 1 is 1.23 bits per heavy atom. The average molecular weight is 175 g/mol. The van der Waals surface area contributed by atoms with Crippen LogP contribution in [0, 0.1) is 0 Å². The first-order valence-corrected chi connectivity index (χ1v) is 4.86. The van der Waals surface area contributed by atoms with Gasteiger partial charge in [-0.3, -0.25) is 0 Å². The topological polar surface area (TPSA) is 12.0 Å². The second-order valence-electron chi connectivity index (χ2n) is 3.02. The van der Waals surface area contributed by atoms with E-state index in [1.54, 1.807) is 0 Å². The predicted octanol–water partition coefficient (Wildman–Crippen LogP) is 2.70. The van der Waals surface area contributed by atoms with Crippen molar-refractivity contribution in [2.24, 2.45) is 0 Å². The van der Waals surface area contributed by atoms with Gasteiger partial charge in [-0.2, -0.15) is 0 Å². The molecule has 0 aromatic heterocycles. The number of benzene rings is 1. The van der Waals surface area contributed by atoms with Crippen molar-refractivity contribution >= 4 is 6.08 Å². The fourth-order valence-corrected chi connectivity index (χ4v) is 1.12. The van der Waals surface area contributed by atoms with Crippen LogP contribution in [0.1, 0.15) is 18.9 Å². The van der Waals surface area contributed by atoms with E-state index in [9.17, 15) is 0 Å². The van der Waals surface area contributed by atoms with Crippen LogP contribution in [0.2, 0.25) is 0 Å². The van der Waals surface area contributed by atoms with Gasteiger partial charge in [-0.25, -0.2) is 0 Å². The molecule has 0 unspecified atom stereocenters. The van der Waals surface area contributed by atoms with Crippen molar-refractivity contribution in [3.8, 4) is 0 Å². The molecule has 1 aromatic carbocycles. The van der Waals surface area contributed by atoms with Gasteiger partial charge in [-0.15, -0.1) is 0 Å². The van der Waals surface area contributed by atoms with Gasteiger partial charge in [-0.1, -0.05) is 49.4 Å². The summed E-state index contributed by atoms with van der Waals surface area (Å²) in [4.78, 5) is 0. The van der Waals surface area contributed by atoms with E-state index in [1.807, 2.05) is 6.07 Å². The third-order valence-corrected chi connectivity index (χ3v) is 1.80. The lowest BCUT2D eigenvalue weighted by atomic mass is 10.2. The Kier molecular flexibility index (Phi) is 4.95. The first-order chi connectivity index (χ1) is 6.43. The molecular formula is C12H17N. The van der Waals surface area contributed by atoms with Crippen LogP contribution in [0.25, 0.3) is 6.08 Å². The van der Waals surface area contributed by atoms with E-state index >= 15 is 0 Å². The van der Waals surface area contributed by atoms with Crippen LogP contribution < -0.4 is 5.32 Å². The van der Waals surface area contributed by atoms with E-state index in [0.29, 0.717) is 0 Å². The molecule has 0 amide bonds. The molecule has 0 heterocycles. The van der Waals surface area contributed by atoms with Crippen LogP contribution >= 0.6 is 0 Å². The van der Waals surface area contributed by atoms with Gasteiger partial charge in [0.1, 0.15) is 0 Å². The lowest BCUT2D eigenvalue weighted by molar-refractivity contribution is 0.730. The average Bonchev–Trinajstić information content (AvgIpc) is 2.19. The third-order valence-electron chi connectivity index (χ3n) is 1.80. The van der Waals surface area contributed by atoms with Gasteiger partial charge >= 0.3 is 0 Å². The Morgan fingerprint density at radius 3 is 2.69 bits per heavy atom. The fraction of sp³-hybridized carbons (Fsp3) is 0.333. The van der Waals surface area contributed by atoms with Crippen LogP contribution in [0.3, 0.4) is 0 Å². The van der Waals surface area contributed by atoms with E-state index in [1.165, 1.54) is 12.0 Å². The zero-order valence-electron chi connectivity index (χ0n) is 8.16. The molecule has 0 aliphatic rings. The molecule has 1 heteroatoms. The zero-order valence-corrected chi connectivity index (χ0v) is 8.16. The molecule has 0 atom stereocenters. The summed E-state index contributed by atoms with van der Waals surface area (Å²) >= 11 is 0. The molecule has 1 nitrogen and oxygen atoms in total. The first kappa shape index (κ1) is 10.0. The molecule has 0 bridgehead atoms. The molecule has 0 fully saturated rings. The lowest BCUT2D eigenvalue weighted by Crippen LogP contribution is -2.13.